The molecule has 2 rings (SSSR count). The van der Waals surface area contributed by atoms with Crippen molar-refractivity contribution < 1.29 is 25.2 Å². The molecule has 0 aromatic heterocycles. The van der Waals surface area contributed by atoms with E-state index in [2.05, 4.69) is 11.8 Å². The van der Waals surface area contributed by atoms with Crippen LogP contribution in [0, 0.1) is 37.5 Å². The van der Waals surface area contributed by atoms with E-state index in [0.717, 1.165) is 11.1 Å². The van der Waals surface area contributed by atoms with Gasteiger partial charge in [-0.1, -0.05) is 74.9 Å². The summed E-state index contributed by atoms with van der Waals surface area (Å²) in [7, 11) is -8.07. The van der Waals surface area contributed by atoms with E-state index in [4.69, 9.17) is 8.37 Å². The van der Waals surface area contributed by atoms with E-state index in [9.17, 15) is 16.8 Å². The van der Waals surface area contributed by atoms with Crippen molar-refractivity contribution in [3.05, 3.63) is 59.7 Å². The summed E-state index contributed by atoms with van der Waals surface area (Å²) in [6.07, 6.45) is -1.93. The van der Waals surface area contributed by atoms with Crippen LogP contribution in [0.25, 0.3) is 0 Å². The smallest absolute Gasteiger partial charge is 0.250 e. The molecule has 0 N–H and O–H groups in total. The lowest BCUT2D eigenvalue weighted by Crippen LogP contribution is -2.25. The Morgan fingerprint density at radius 1 is 0.594 bits per heavy atom. The minimum atomic E-state index is -4.03. The first-order valence-corrected chi connectivity index (χ1v) is 13.1. The summed E-state index contributed by atoms with van der Waals surface area (Å²) in [6, 6.07) is 12.6. The maximum absolute atomic E-state index is 12.7. The summed E-state index contributed by atoms with van der Waals surface area (Å²) in [6.45, 7) is 10.8. The molecular formula is C24H30O6S2. The minimum absolute atomic E-state index is 0.0363. The summed E-state index contributed by atoms with van der Waals surface area (Å²) in [5.74, 6) is 5.04. The molecule has 0 saturated carbocycles. The largest absolute Gasteiger partial charge is 0.298 e. The lowest BCUT2D eigenvalue weighted by molar-refractivity contribution is 0.203. The van der Waals surface area contributed by atoms with Crippen LogP contribution in [0.3, 0.4) is 0 Å². The van der Waals surface area contributed by atoms with E-state index in [-0.39, 0.29) is 21.6 Å². The van der Waals surface area contributed by atoms with Crippen molar-refractivity contribution in [2.45, 2.75) is 63.5 Å². The van der Waals surface area contributed by atoms with Crippen molar-refractivity contribution in [3.63, 3.8) is 0 Å². The summed E-state index contributed by atoms with van der Waals surface area (Å²) in [5, 5.41) is 0. The van der Waals surface area contributed by atoms with Crippen LogP contribution in [0.5, 0.6) is 0 Å². The van der Waals surface area contributed by atoms with Gasteiger partial charge in [-0.2, -0.15) is 16.8 Å². The van der Waals surface area contributed by atoms with E-state index in [1.807, 2.05) is 13.8 Å². The van der Waals surface area contributed by atoms with Crippen molar-refractivity contribution in [2.24, 2.45) is 11.8 Å². The van der Waals surface area contributed by atoms with E-state index < -0.39 is 32.4 Å². The first-order valence-electron chi connectivity index (χ1n) is 10.3. The zero-order chi connectivity index (χ0) is 24.1. The Morgan fingerprint density at radius 3 is 1.12 bits per heavy atom. The molecule has 2 atom stereocenters. The molecule has 0 heterocycles. The van der Waals surface area contributed by atoms with Gasteiger partial charge in [0.15, 0.2) is 0 Å². The van der Waals surface area contributed by atoms with Gasteiger partial charge in [0.25, 0.3) is 20.2 Å². The highest BCUT2D eigenvalue weighted by atomic mass is 32.2. The molecule has 32 heavy (non-hydrogen) atoms. The van der Waals surface area contributed by atoms with Crippen LogP contribution in [0.15, 0.2) is 58.3 Å². The number of benzene rings is 2. The Labute approximate surface area is 192 Å². The SMILES string of the molecule is Cc1ccc(S(=O)(=O)OC(C#CC(OS(=O)(=O)c2ccc(C)cc2)C(C)C)C(C)C)cc1. The van der Waals surface area contributed by atoms with Gasteiger partial charge in [0, 0.05) is 0 Å². The molecule has 0 aliphatic heterocycles. The molecule has 8 heteroatoms. The van der Waals surface area contributed by atoms with Crippen LogP contribution < -0.4 is 0 Å². The highest BCUT2D eigenvalue weighted by molar-refractivity contribution is 7.87. The Kier molecular flexibility index (Phi) is 8.66. The third-order valence-corrected chi connectivity index (χ3v) is 7.28. The molecule has 0 bridgehead atoms. The predicted octanol–water partition coefficient (Wildman–Crippen LogP) is 4.47. The fourth-order valence-corrected chi connectivity index (χ4v) is 4.81. The Balaban J connectivity index is 2.27. The maximum Gasteiger partial charge on any atom is 0.298 e. The van der Waals surface area contributed by atoms with Crippen molar-refractivity contribution in [1.82, 2.24) is 0 Å². The van der Waals surface area contributed by atoms with E-state index in [1.165, 1.54) is 24.3 Å². The number of hydrogen-bond acceptors (Lipinski definition) is 6. The van der Waals surface area contributed by atoms with Gasteiger partial charge in [0.05, 0.1) is 9.79 Å². The molecule has 0 aliphatic carbocycles. The van der Waals surface area contributed by atoms with E-state index in [1.54, 1.807) is 52.0 Å². The average molecular weight is 479 g/mol. The second-order valence-electron chi connectivity index (χ2n) is 8.34. The van der Waals surface area contributed by atoms with Crippen molar-refractivity contribution in [2.75, 3.05) is 0 Å². The summed E-state index contributed by atoms with van der Waals surface area (Å²) >= 11 is 0. The zero-order valence-electron chi connectivity index (χ0n) is 19.2. The maximum atomic E-state index is 12.7. The number of hydrogen-bond donors (Lipinski definition) is 0. The average Bonchev–Trinajstić information content (AvgIpc) is 2.70. The highest BCUT2D eigenvalue weighted by Crippen LogP contribution is 2.20. The molecule has 0 radical (unpaired) electrons. The molecule has 0 saturated heterocycles. The topological polar surface area (TPSA) is 86.7 Å². The van der Waals surface area contributed by atoms with Crippen LogP contribution in [0.4, 0.5) is 0 Å². The Hall–Kier alpha value is -2.18. The van der Waals surface area contributed by atoms with Crippen LogP contribution in [0.2, 0.25) is 0 Å². The molecule has 2 aromatic carbocycles. The normalized spacial score (nSPS) is 14.1. The monoisotopic (exact) mass is 478 g/mol. The predicted molar refractivity (Wildman–Crippen MR) is 124 cm³/mol. The molecule has 2 unspecified atom stereocenters. The molecular weight excluding hydrogens is 448 g/mol. The van der Waals surface area contributed by atoms with Gasteiger partial charge in [-0.3, -0.25) is 0 Å². The molecule has 0 amide bonds. The van der Waals surface area contributed by atoms with Crippen LogP contribution >= 0.6 is 0 Å². The fourth-order valence-electron chi connectivity index (χ4n) is 2.56. The highest BCUT2D eigenvalue weighted by Gasteiger charge is 2.25. The molecule has 6 nitrogen and oxygen atoms in total. The van der Waals surface area contributed by atoms with Gasteiger partial charge in [-0.25, -0.2) is 8.37 Å². The van der Waals surface area contributed by atoms with Gasteiger partial charge in [0.1, 0.15) is 12.2 Å². The standard InChI is InChI=1S/C24H30O6S2/c1-17(2)23(29-31(25,26)21-11-7-19(5)8-12-21)15-16-24(18(3)4)30-32(27,28)22-13-9-20(6)10-14-22/h7-14,17-18,23-24H,1-6H3. The second-order valence-corrected chi connectivity index (χ2v) is 11.5. The zero-order valence-corrected chi connectivity index (χ0v) is 20.8. The van der Waals surface area contributed by atoms with Gasteiger partial charge in [-0.05, 0) is 49.9 Å². The van der Waals surface area contributed by atoms with Crippen molar-refractivity contribution >= 4 is 20.2 Å². The number of aryl methyl sites for hydroxylation is 2. The summed E-state index contributed by atoms with van der Waals surface area (Å²) < 4.78 is 61.4. The fraction of sp³-hybridized carbons (Fsp3) is 0.417. The Bertz CT molecular complexity index is 1070. The van der Waals surface area contributed by atoms with Crippen molar-refractivity contribution in [3.8, 4) is 11.8 Å². The third-order valence-electron chi connectivity index (χ3n) is 4.66. The molecule has 0 spiro atoms. The second kappa shape index (κ2) is 10.6. The van der Waals surface area contributed by atoms with E-state index in [0.29, 0.717) is 0 Å². The Morgan fingerprint density at radius 2 is 0.875 bits per heavy atom. The van der Waals surface area contributed by atoms with Gasteiger partial charge in [0.2, 0.25) is 0 Å². The first-order chi connectivity index (χ1) is 14.8. The van der Waals surface area contributed by atoms with Gasteiger partial charge < -0.3 is 0 Å². The van der Waals surface area contributed by atoms with Crippen molar-refractivity contribution in [1.29, 1.82) is 0 Å². The molecule has 0 fully saturated rings. The number of rotatable bonds is 8. The van der Waals surface area contributed by atoms with Crippen LogP contribution in [0.1, 0.15) is 38.8 Å². The van der Waals surface area contributed by atoms with Gasteiger partial charge >= 0.3 is 0 Å². The van der Waals surface area contributed by atoms with Crippen LogP contribution in [-0.2, 0) is 28.6 Å². The molecule has 174 valence electrons. The summed E-state index contributed by atoms with van der Waals surface area (Å²) in [4.78, 5) is 0.0725. The molecule has 2 aromatic rings. The van der Waals surface area contributed by atoms with E-state index >= 15 is 0 Å². The van der Waals surface area contributed by atoms with Crippen LogP contribution in [-0.4, -0.2) is 29.0 Å². The minimum Gasteiger partial charge on any atom is -0.250 e. The molecule has 0 aliphatic rings. The quantitative estimate of drug-likeness (QED) is 0.411. The lowest BCUT2D eigenvalue weighted by atomic mass is 10.1. The first kappa shape index (κ1) is 26.1. The summed E-state index contributed by atoms with van der Waals surface area (Å²) in [5.41, 5.74) is 1.85. The third kappa shape index (κ3) is 7.17. The lowest BCUT2D eigenvalue weighted by Gasteiger charge is -2.18. The van der Waals surface area contributed by atoms with Gasteiger partial charge in [-0.15, -0.1) is 0 Å².